The number of halogens is 2. The minimum absolute atomic E-state index is 1.11. The van der Waals surface area contributed by atoms with Crippen LogP contribution in [0.3, 0.4) is 0 Å². The summed E-state index contributed by atoms with van der Waals surface area (Å²) in [5, 5.41) is 2.56. The van der Waals surface area contributed by atoms with E-state index in [0.717, 1.165) is 4.47 Å². The number of para-hydroxylation sites is 2. The van der Waals surface area contributed by atoms with Crippen LogP contribution in [-0.2, 0) is 0 Å². The maximum atomic E-state index is 3.59. The van der Waals surface area contributed by atoms with Gasteiger partial charge in [0.25, 0.3) is 0 Å². The van der Waals surface area contributed by atoms with Gasteiger partial charge in [0.15, 0.2) is 0 Å². The monoisotopic (exact) mass is 447 g/mol. The lowest BCUT2D eigenvalue weighted by molar-refractivity contribution is 1.17. The fourth-order valence-electron chi connectivity index (χ4n) is 2.84. The Morgan fingerprint density at radius 2 is 1.48 bits per heavy atom. The summed E-state index contributed by atoms with van der Waals surface area (Å²) in [6.45, 7) is 0. The van der Waals surface area contributed by atoms with E-state index in [0.29, 0.717) is 0 Å². The standard InChI is InChI=1S/C18H11BrIN/c19-12-9-10-17-14(11-12)13-5-1-3-7-16(13)21(17)18-8-4-2-6-15(18)20/h1-11H. The van der Waals surface area contributed by atoms with Gasteiger partial charge >= 0.3 is 0 Å². The predicted molar refractivity (Wildman–Crippen MR) is 101 cm³/mol. The minimum atomic E-state index is 1.11. The lowest BCUT2D eigenvalue weighted by Gasteiger charge is -2.09. The van der Waals surface area contributed by atoms with Gasteiger partial charge in [0.05, 0.1) is 16.7 Å². The van der Waals surface area contributed by atoms with Gasteiger partial charge in [-0.2, -0.15) is 0 Å². The van der Waals surface area contributed by atoms with Crippen molar-refractivity contribution in [2.24, 2.45) is 0 Å². The summed E-state index contributed by atoms with van der Waals surface area (Å²) in [7, 11) is 0. The van der Waals surface area contributed by atoms with Crippen molar-refractivity contribution >= 4 is 60.3 Å². The summed E-state index contributed by atoms with van der Waals surface area (Å²) in [4.78, 5) is 0. The average molecular weight is 448 g/mol. The molecule has 21 heavy (non-hydrogen) atoms. The third kappa shape index (κ3) is 2.10. The molecule has 0 amide bonds. The molecule has 0 saturated carbocycles. The molecule has 102 valence electrons. The SMILES string of the molecule is Brc1ccc2c(c1)c1ccccc1n2-c1ccccc1I. The molecule has 1 heterocycles. The molecule has 1 aromatic heterocycles. The average Bonchev–Trinajstić information content (AvgIpc) is 2.82. The highest BCUT2D eigenvalue weighted by Gasteiger charge is 2.13. The number of benzene rings is 3. The highest BCUT2D eigenvalue weighted by molar-refractivity contribution is 14.1. The summed E-state index contributed by atoms with van der Waals surface area (Å²) in [6, 6.07) is 23.6. The van der Waals surface area contributed by atoms with E-state index in [2.05, 4.69) is 110 Å². The molecule has 1 nitrogen and oxygen atoms in total. The second-order valence-corrected chi connectivity index (χ2v) is 7.04. The fraction of sp³-hybridized carbons (Fsp3) is 0. The van der Waals surface area contributed by atoms with Crippen molar-refractivity contribution < 1.29 is 0 Å². The van der Waals surface area contributed by atoms with Crippen LogP contribution < -0.4 is 0 Å². The molecule has 0 aliphatic rings. The third-order valence-corrected chi connectivity index (χ3v) is 5.13. The van der Waals surface area contributed by atoms with Gasteiger partial charge in [-0.3, -0.25) is 0 Å². The summed E-state index contributed by atoms with van der Waals surface area (Å²) in [6.07, 6.45) is 0. The Balaban J connectivity index is 2.23. The van der Waals surface area contributed by atoms with Gasteiger partial charge in [-0.05, 0) is 59.0 Å². The summed E-state index contributed by atoms with van der Waals surface area (Å²) >= 11 is 5.99. The third-order valence-electron chi connectivity index (χ3n) is 3.73. The first kappa shape index (κ1) is 13.3. The van der Waals surface area contributed by atoms with Crippen molar-refractivity contribution in [3.63, 3.8) is 0 Å². The zero-order chi connectivity index (χ0) is 14.4. The number of fused-ring (bicyclic) bond motifs is 3. The van der Waals surface area contributed by atoms with Crippen LogP contribution >= 0.6 is 38.5 Å². The van der Waals surface area contributed by atoms with Crippen LogP contribution in [0.25, 0.3) is 27.5 Å². The Kier molecular flexibility index (Phi) is 3.27. The predicted octanol–water partition coefficient (Wildman–Crippen LogP) is 6.15. The normalized spacial score (nSPS) is 11.3. The lowest BCUT2D eigenvalue weighted by atomic mass is 10.2. The molecule has 0 bridgehead atoms. The van der Waals surface area contributed by atoms with Crippen LogP contribution in [0, 0.1) is 3.57 Å². The molecule has 0 atom stereocenters. The van der Waals surface area contributed by atoms with E-state index >= 15 is 0 Å². The van der Waals surface area contributed by atoms with Crippen LogP contribution in [0.2, 0.25) is 0 Å². The van der Waals surface area contributed by atoms with Crippen molar-refractivity contribution in [2.45, 2.75) is 0 Å². The van der Waals surface area contributed by atoms with Crippen LogP contribution in [-0.4, -0.2) is 4.57 Å². The van der Waals surface area contributed by atoms with Crippen LogP contribution in [0.4, 0.5) is 0 Å². The molecular formula is C18H11BrIN. The molecule has 0 radical (unpaired) electrons. The highest BCUT2D eigenvalue weighted by atomic mass is 127. The van der Waals surface area contributed by atoms with Crippen LogP contribution in [0.1, 0.15) is 0 Å². The first-order valence-electron chi connectivity index (χ1n) is 6.69. The van der Waals surface area contributed by atoms with Gasteiger partial charge in [-0.1, -0.05) is 46.3 Å². The van der Waals surface area contributed by atoms with Gasteiger partial charge in [-0.25, -0.2) is 0 Å². The highest BCUT2D eigenvalue weighted by Crippen LogP contribution is 2.34. The van der Waals surface area contributed by atoms with Gasteiger partial charge in [-0.15, -0.1) is 0 Å². The maximum Gasteiger partial charge on any atom is 0.0595 e. The number of hydrogen-bond acceptors (Lipinski definition) is 0. The summed E-state index contributed by atoms with van der Waals surface area (Å²) < 4.78 is 4.71. The topological polar surface area (TPSA) is 4.93 Å². The number of hydrogen-bond donors (Lipinski definition) is 0. The molecule has 0 spiro atoms. The van der Waals surface area contributed by atoms with Gasteiger partial charge in [0, 0.05) is 18.8 Å². The molecule has 3 aromatic carbocycles. The van der Waals surface area contributed by atoms with Crippen molar-refractivity contribution in [3.8, 4) is 5.69 Å². The Labute approximate surface area is 144 Å². The lowest BCUT2D eigenvalue weighted by Crippen LogP contribution is -1.96. The summed E-state index contributed by atoms with van der Waals surface area (Å²) in [5.74, 6) is 0. The van der Waals surface area contributed by atoms with E-state index in [-0.39, 0.29) is 0 Å². The second kappa shape index (κ2) is 5.14. The van der Waals surface area contributed by atoms with Crippen molar-refractivity contribution in [2.75, 3.05) is 0 Å². The van der Waals surface area contributed by atoms with Crippen molar-refractivity contribution in [1.29, 1.82) is 0 Å². The zero-order valence-electron chi connectivity index (χ0n) is 11.1. The number of rotatable bonds is 1. The largest absolute Gasteiger partial charge is 0.308 e. The van der Waals surface area contributed by atoms with E-state index in [4.69, 9.17) is 0 Å². The van der Waals surface area contributed by atoms with E-state index in [1.807, 2.05) is 0 Å². The molecule has 4 rings (SSSR count). The number of aromatic nitrogens is 1. The van der Waals surface area contributed by atoms with Crippen molar-refractivity contribution in [3.05, 3.63) is 74.8 Å². The number of nitrogens with zero attached hydrogens (tertiary/aromatic N) is 1. The molecule has 0 aliphatic heterocycles. The molecule has 0 saturated heterocycles. The second-order valence-electron chi connectivity index (χ2n) is 4.97. The molecule has 0 unspecified atom stereocenters. The molecular weight excluding hydrogens is 437 g/mol. The van der Waals surface area contributed by atoms with Crippen LogP contribution in [0.5, 0.6) is 0 Å². The molecule has 0 N–H and O–H groups in total. The Hall–Kier alpha value is -1.33. The molecule has 4 aromatic rings. The van der Waals surface area contributed by atoms with Gasteiger partial charge in [0.2, 0.25) is 0 Å². The quantitative estimate of drug-likeness (QED) is 0.308. The van der Waals surface area contributed by atoms with E-state index in [1.54, 1.807) is 0 Å². The maximum absolute atomic E-state index is 3.59. The first-order chi connectivity index (χ1) is 10.3. The smallest absolute Gasteiger partial charge is 0.0595 e. The van der Waals surface area contributed by atoms with Gasteiger partial charge < -0.3 is 4.57 Å². The molecule has 0 aliphatic carbocycles. The fourth-order valence-corrected chi connectivity index (χ4v) is 3.83. The molecule has 3 heteroatoms. The minimum Gasteiger partial charge on any atom is -0.308 e. The van der Waals surface area contributed by atoms with Crippen molar-refractivity contribution in [1.82, 2.24) is 4.57 Å². The summed E-state index contributed by atoms with van der Waals surface area (Å²) in [5.41, 5.74) is 3.71. The Morgan fingerprint density at radius 1 is 0.762 bits per heavy atom. The van der Waals surface area contributed by atoms with E-state index in [1.165, 1.54) is 31.1 Å². The van der Waals surface area contributed by atoms with Crippen LogP contribution in [0.15, 0.2) is 71.2 Å². The van der Waals surface area contributed by atoms with E-state index < -0.39 is 0 Å². The van der Waals surface area contributed by atoms with E-state index in [9.17, 15) is 0 Å². The Morgan fingerprint density at radius 3 is 2.33 bits per heavy atom. The molecule has 0 fully saturated rings. The zero-order valence-corrected chi connectivity index (χ0v) is 14.8. The van der Waals surface area contributed by atoms with Gasteiger partial charge in [0.1, 0.15) is 0 Å². The first-order valence-corrected chi connectivity index (χ1v) is 8.56. The Bertz CT molecular complexity index is 971.